The van der Waals surface area contributed by atoms with E-state index in [2.05, 4.69) is 30.9 Å². The quantitative estimate of drug-likeness (QED) is 0.650. The minimum absolute atomic E-state index is 0.148. The van der Waals surface area contributed by atoms with Crippen LogP contribution < -0.4 is 5.32 Å². The Labute approximate surface area is 114 Å². The van der Waals surface area contributed by atoms with Gasteiger partial charge in [-0.1, -0.05) is 5.21 Å². The number of aromatic nitrogens is 5. The van der Waals surface area contributed by atoms with E-state index in [-0.39, 0.29) is 11.5 Å². The van der Waals surface area contributed by atoms with Crippen molar-refractivity contribution in [3.8, 4) is 0 Å². The first kappa shape index (κ1) is 14.6. The summed E-state index contributed by atoms with van der Waals surface area (Å²) in [7, 11) is 0. The molecule has 2 aromatic rings. The van der Waals surface area contributed by atoms with E-state index in [4.69, 9.17) is 0 Å². The van der Waals surface area contributed by atoms with Crippen LogP contribution >= 0.6 is 0 Å². The zero-order chi connectivity index (χ0) is 15.6. The third kappa shape index (κ3) is 3.21. The van der Waals surface area contributed by atoms with E-state index in [1.165, 1.54) is 6.92 Å². The van der Waals surface area contributed by atoms with Crippen molar-refractivity contribution in [2.45, 2.75) is 19.1 Å². The summed E-state index contributed by atoms with van der Waals surface area (Å²) in [6.07, 6.45) is -4.16. The van der Waals surface area contributed by atoms with Crippen molar-refractivity contribution < 1.29 is 18.1 Å². The average molecular weight is 303 g/mol. The molecule has 12 heteroatoms. The average Bonchev–Trinajstić information content (AvgIpc) is 2.91. The van der Waals surface area contributed by atoms with Gasteiger partial charge >= 0.3 is 11.9 Å². The Morgan fingerprint density at radius 2 is 2.19 bits per heavy atom. The maximum absolute atomic E-state index is 12.6. The molecule has 0 bridgehead atoms. The molecule has 2 aromatic heterocycles. The summed E-state index contributed by atoms with van der Waals surface area (Å²) in [5, 5.41) is 26.1. The normalized spacial score (nSPS) is 13.0. The number of nitrogens with zero attached hydrogens (tertiary/aromatic N) is 5. The molecule has 1 unspecified atom stereocenters. The Bertz CT molecular complexity index is 643. The number of hydrogen-bond donors (Lipinski definition) is 2. The molecule has 0 aliphatic heterocycles. The van der Waals surface area contributed by atoms with Crippen LogP contribution in [-0.2, 0) is 6.18 Å². The Hall–Kier alpha value is -2.79. The summed E-state index contributed by atoms with van der Waals surface area (Å²) in [4.78, 5) is 13.1. The van der Waals surface area contributed by atoms with E-state index in [1.807, 2.05) is 0 Å². The molecule has 0 aliphatic rings. The lowest BCUT2D eigenvalue weighted by molar-refractivity contribution is -0.384. The lowest BCUT2D eigenvalue weighted by Gasteiger charge is -2.13. The first-order chi connectivity index (χ1) is 9.79. The van der Waals surface area contributed by atoms with Gasteiger partial charge in [0.2, 0.25) is 0 Å². The zero-order valence-corrected chi connectivity index (χ0v) is 10.4. The number of pyridine rings is 1. The third-order valence-corrected chi connectivity index (χ3v) is 2.49. The molecule has 1 atom stereocenters. The summed E-state index contributed by atoms with van der Waals surface area (Å²) in [6, 6.07) is -0.125. The molecule has 21 heavy (non-hydrogen) atoms. The minimum Gasteiger partial charge on any atom is -0.370 e. The number of alkyl halides is 3. The van der Waals surface area contributed by atoms with Crippen molar-refractivity contribution in [3.63, 3.8) is 0 Å². The first-order valence-corrected chi connectivity index (χ1v) is 5.50. The Morgan fingerprint density at radius 1 is 1.48 bits per heavy atom. The minimum atomic E-state index is -4.71. The van der Waals surface area contributed by atoms with Crippen LogP contribution in [0.15, 0.2) is 12.3 Å². The maximum Gasteiger partial charge on any atom is 0.433 e. The SMILES string of the molecule is CC(Nc1cc(C(F)(F)F)ncc1[N+](=O)[O-])c1nn[nH]n1. The molecule has 0 spiro atoms. The van der Waals surface area contributed by atoms with Gasteiger partial charge in [-0.15, -0.1) is 10.2 Å². The second-order valence-electron chi connectivity index (χ2n) is 3.98. The smallest absolute Gasteiger partial charge is 0.370 e. The fraction of sp³-hybridized carbons (Fsp3) is 0.333. The molecule has 0 radical (unpaired) electrons. The lowest BCUT2D eigenvalue weighted by atomic mass is 10.2. The number of nitro groups is 1. The third-order valence-electron chi connectivity index (χ3n) is 2.49. The van der Waals surface area contributed by atoms with Crippen molar-refractivity contribution >= 4 is 11.4 Å². The molecular formula is C9H8F3N7O2. The number of rotatable bonds is 4. The van der Waals surface area contributed by atoms with E-state index < -0.39 is 28.5 Å². The summed E-state index contributed by atoms with van der Waals surface area (Å²) in [6.45, 7) is 1.52. The van der Waals surface area contributed by atoms with Crippen LogP contribution in [0.5, 0.6) is 0 Å². The molecule has 0 aliphatic carbocycles. The van der Waals surface area contributed by atoms with Crippen LogP contribution in [0.25, 0.3) is 0 Å². The van der Waals surface area contributed by atoms with Gasteiger partial charge in [0.05, 0.1) is 11.0 Å². The number of halogens is 3. The second kappa shape index (κ2) is 5.30. The van der Waals surface area contributed by atoms with Crippen molar-refractivity contribution in [2.75, 3.05) is 5.32 Å². The molecule has 112 valence electrons. The van der Waals surface area contributed by atoms with E-state index in [1.54, 1.807) is 0 Å². The number of tetrazole rings is 1. The lowest BCUT2D eigenvalue weighted by Crippen LogP contribution is -2.13. The molecule has 9 nitrogen and oxygen atoms in total. The molecule has 0 saturated carbocycles. The van der Waals surface area contributed by atoms with Gasteiger partial charge < -0.3 is 5.32 Å². The van der Waals surface area contributed by atoms with Gasteiger partial charge in [0, 0.05) is 0 Å². The van der Waals surface area contributed by atoms with Crippen LogP contribution in [-0.4, -0.2) is 30.5 Å². The molecular weight excluding hydrogens is 295 g/mol. The van der Waals surface area contributed by atoms with E-state index >= 15 is 0 Å². The fourth-order valence-corrected chi connectivity index (χ4v) is 1.52. The summed E-state index contributed by atoms with van der Waals surface area (Å²) >= 11 is 0. The maximum atomic E-state index is 12.6. The Morgan fingerprint density at radius 3 is 2.71 bits per heavy atom. The second-order valence-corrected chi connectivity index (χ2v) is 3.98. The number of aromatic amines is 1. The molecule has 0 aromatic carbocycles. The van der Waals surface area contributed by atoms with Crippen molar-refractivity contribution in [1.29, 1.82) is 0 Å². The van der Waals surface area contributed by atoms with Gasteiger partial charge in [0.15, 0.2) is 5.82 Å². The standard InChI is InChI=1S/C9H8F3N7O2/c1-4(8-15-17-18-16-8)14-5-2-7(9(10,11)12)13-3-6(5)19(20)21/h2-4H,1H3,(H,13,14)(H,15,16,17,18). The summed E-state index contributed by atoms with van der Waals surface area (Å²) < 4.78 is 37.8. The molecule has 2 rings (SSSR count). The Kier molecular flexibility index (Phi) is 3.69. The van der Waals surface area contributed by atoms with Gasteiger partial charge in [-0.2, -0.15) is 18.4 Å². The molecule has 0 saturated heterocycles. The zero-order valence-electron chi connectivity index (χ0n) is 10.4. The van der Waals surface area contributed by atoms with Crippen molar-refractivity contribution in [1.82, 2.24) is 25.6 Å². The highest BCUT2D eigenvalue weighted by Crippen LogP contribution is 2.34. The highest BCUT2D eigenvalue weighted by molar-refractivity contribution is 5.61. The van der Waals surface area contributed by atoms with Gasteiger partial charge in [0.1, 0.15) is 17.6 Å². The van der Waals surface area contributed by atoms with Gasteiger partial charge in [-0.3, -0.25) is 10.1 Å². The number of hydrogen-bond acceptors (Lipinski definition) is 7. The molecule has 2 heterocycles. The summed E-state index contributed by atoms with van der Waals surface area (Å²) in [5.74, 6) is 0.148. The van der Waals surface area contributed by atoms with Crippen LogP contribution in [0.4, 0.5) is 24.5 Å². The van der Waals surface area contributed by atoms with E-state index in [9.17, 15) is 23.3 Å². The fourth-order valence-electron chi connectivity index (χ4n) is 1.52. The highest BCUT2D eigenvalue weighted by atomic mass is 19.4. The van der Waals surface area contributed by atoms with Gasteiger partial charge in [-0.25, -0.2) is 4.98 Å². The number of nitrogens with one attached hydrogen (secondary N) is 2. The first-order valence-electron chi connectivity index (χ1n) is 5.50. The molecule has 2 N–H and O–H groups in total. The van der Waals surface area contributed by atoms with Gasteiger partial charge in [0.25, 0.3) is 0 Å². The molecule has 0 fully saturated rings. The van der Waals surface area contributed by atoms with Crippen LogP contribution in [0.2, 0.25) is 0 Å². The van der Waals surface area contributed by atoms with E-state index in [0.717, 1.165) is 0 Å². The van der Waals surface area contributed by atoms with Crippen molar-refractivity contribution in [2.24, 2.45) is 0 Å². The Balaban J connectivity index is 2.37. The topological polar surface area (TPSA) is 123 Å². The van der Waals surface area contributed by atoms with E-state index in [0.29, 0.717) is 12.3 Å². The number of H-pyrrole nitrogens is 1. The number of anilines is 1. The summed E-state index contributed by atoms with van der Waals surface area (Å²) in [5.41, 5.74) is -2.16. The van der Waals surface area contributed by atoms with Gasteiger partial charge in [-0.05, 0) is 13.0 Å². The predicted octanol–water partition coefficient (Wildman–Crippen LogP) is 1.69. The predicted molar refractivity (Wildman–Crippen MR) is 62.1 cm³/mol. The van der Waals surface area contributed by atoms with Crippen LogP contribution in [0, 0.1) is 10.1 Å². The largest absolute Gasteiger partial charge is 0.433 e. The molecule has 0 amide bonds. The monoisotopic (exact) mass is 303 g/mol. The van der Waals surface area contributed by atoms with Crippen LogP contribution in [0.3, 0.4) is 0 Å². The highest BCUT2D eigenvalue weighted by Gasteiger charge is 2.34. The van der Waals surface area contributed by atoms with Crippen LogP contribution in [0.1, 0.15) is 24.5 Å². The van der Waals surface area contributed by atoms with Crippen molar-refractivity contribution in [3.05, 3.63) is 33.9 Å².